The van der Waals surface area contributed by atoms with Gasteiger partial charge < -0.3 is 19.5 Å². The summed E-state index contributed by atoms with van der Waals surface area (Å²) in [5, 5.41) is 2.91. The molecule has 0 saturated carbocycles. The summed E-state index contributed by atoms with van der Waals surface area (Å²) in [5.74, 6) is 1.36. The second-order valence-electron chi connectivity index (χ2n) is 7.53. The molecule has 1 fully saturated rings. The van der Waals surface area contributed by atoms with Gasteiger partial charge in [0.2, 0.25) is 0 Å². The highest BCUT2D eigenvalue weighted by molar-refractivity contribution is 6.04. The van der Waals surface area contributed by atoms with Gasteiger partial charge in [-0.2, -0.15) is 0 Å². The number of amides is 1. The molecule has 3 aromatic rings. The highest BCUT2D eigenvalue weighted by Crippen LogP contribution is 2.20. The minimum absolute atomic E-state index is 0.163. The first-order valence-electron chi connectivity index (χ1n) is 10.7. The lowest BCUT2D eigenvalue weighted by molar-refractivity contribution is 0.0679. The van der Waals surface area contributed by atoms with Crippen molar-refractivity contribution in [3.05, 3.63) is 90.0 Å². The average molecular weight is 418 g/mol. The van der Waals surface area contributed by atoms with Gasteiger partial charge in [-0.1, -0.05) is 30.3 Å². The molecule has 1 heterocycles. The van der Waals surface area contributed by atoms with Crippen molar-refractivity contribution in [2.45, 2.75) is 25.4 Å². The maximum atomic E-state index is 12.5. The highest BCUT2D eigenvalue weighted by Gasteiger charge is 2.16. The quantitative estimate of drug-likeness (QED) is 0.525. The fraction of sp³-hybridized carbons (Fsp3) is 0.269. The second-order valence-corrected chi connectivity index (χ2v) is 7.53. The summed E-state index contributed by atoms with van der Waals surface area (Å²) >= 11 is 0. The zero-order valence-corrected chi connectivity index (χ0v) is 17.5. The van der Waals surface area contributed by atoms with Gasteiger partial charge in [0.15, 0.2) is 0 Å². The number of hydrogen-bond donors (Lipinski definition) is 1. The van der Waals surface area contributed by atoms with E-state index in [1.54, 1.807) is 12.1 Å². The van der Waals surface area contributed by atoms with Crippen molar-refractivity contribution in [1.82, 2.24) is 0 Å². The van der Waals surface area contributed by atoms with Crippen LogP contribution in [0.5, 0.6) is 11.5 Å². The number of benzene rings is 3. The van der Waals surface area contributed by atoms with Crippen molar-refractivity contribution in [1.29, 1.82) is 0 Å². The molecule has 31 heavy (non-hydrogen) atoms. The van der Waals surface area contributed by atoms with Crippen molar-refractivity contribution >= 4 is 11.6 Å². The summed E-state index contributed by atoms with van der Waals surface area (Å²) in [6.07, 6.45) is 3.17. The Hall–Kier alpha value is -3.31. The van der Waals surface area contributed by atoms with Crippen molar-refractivity contribution in [2.24, 2.45) is 0 Å². The van der Waals surface area contributed by atoms with Crippen LogP contribution in [-0.4, -0.2) is 31.8 Å². The van der Waals surface area contributed by atoms with Crippen LogP contribution in [0.1, 0.15) is 28.8 Å². The van der Waals surface area contributed by atoms with Crippen LogP contribution in [0, 0.1) is 0 Å². The van der Waals surface area contributed by atoms with E-state index in [1.807, 2.05) is 54.6 Å². The predicted octanol–water partition coefficient (Wildman–Crippen LogP) is 5.12. The molecule has 4 rings (SSSR count). The highest BCUT2D eigenvalue weighted by atomic mass is 16.5. The molecule has 0 aromatic heterocycles. The zero-order chi connectivity index (χ0) is 21.3. The lowest BCUT2D eigenvalue weighted by atomic mass is 10.2. The van der Waals surface area contributed by atoms with E-state index < -0.39 is 0 Å². The maximum absolute atomic E-state index is 12.5. The molecule has 160 valence electrons. The molecule has 1 aliphatic rings. The Labute approximate surface area is 183 Å². The van der Waals surface area contributed by atoms with Crippen LogP contribution < -0.4 is 14.8 Å². The van der Waals surface area contributed by atoms with Crippen molar-refractivity contribution in [2.75, 3.05) is 25.1 Å². The van der Waals surface area contributed by atoms with Crippen LogP contribution >= 0.6 is 0 Å². The molecular weight excluding hydrogens is 390 g/mol. The molecule has 0 aliphatic carbocycles. The van der Waals surface area contributed by atoms with Gasteiger partial charge in [-0.05, 0) is 66.9 Å². The molecule has 1 saturated heterocycles. The van der Waals surface area contributed by atoms with Crippen LogP contribution in [0.25, 0.3) is 0 Å². The first-order valence-corrected chi connectivity index (χ1v) is 10.7. The third-order valence-electron chi connectivity index (χ3n) is 5.19. The second kappa shape index (κ2) is 10.6. The van der Waals surface area contributed by atoms with E-state index in [4.69, 9.17) is 14.2 Å². The summed E-state index contributed by atoms with van der Waals surface area (Å²) in [6.45, 7) is 1.97. The number of nitrogens with one attached hydrogen (secondary N) is 1. The maximum Gasteiger partial charge on any atom is 0.255 e. The number of carbonyl (C=O) groups is 1. The Morgan fingerprint density at radius 2 is 1.61 bits per heavy atom. The van der Waals surface area contributed by atoms with Gasteiger partial charge in [-0.25, -0.2) is 0 Å². The van der Waals surface area contributed by atoms with Crippen LogP contribution in [0.2, 0.25) is 0 Å². The van der Waals surface area contributed by atoms with Crippen molar-refractivity contribution in [3.8, 4) is 11.5 Å². The van der Waals surface area contributed by atoms with Crippen LogP contribution in [0.4, 0.5) is 5.69 Å². The van der Waals surface area contributed by atoms with Gasteiger partial charge >= 0.3 is 0 Å². The minimum atomic E-state index is -0.163. The zero-order valence-electron chi connectivity index (χ0n) is 17.5. The van der Waals surface area contributed by atoms with Gasteiger partial charge in [0.05, 0.1) is 12.7 Å². The normalized spacial score (nSPS) is 15.4. The lowest BCUT2D eigenvalue weighted by Crippen LogP contribution is -2.16. The molecular formula is C26H27NO4. The SMILES string of the molecule is O=C(Nc1ccc(OCC2CCCO2)cc1)c1ccc(OCCc2ccccc2)cc1. The summed E-state index contributed by atoms with van der Waals surface area (Å²) in [5.41, 5.74) is 2.54. The van der Waals surface area contributed by atoms with E-state index in [2.05, 4.69) is 17.4 Å². The van der Waals surface area contributed by atoms with E-state index in [-0.39, 0.29) is 12.0 Å². The van der Waals surface area contributed by atoms with Crippen LogP contribution in [0.15, 0.2) is 78.9 Å². The molecule has 0 radical (unpaired) electrons. The van der Waals surface area contributed by atoms with E-state index >= 15 is 0 Å². The van der Waals surface area contributed by atoms with E-state index in [0.29, 0.717) is 18.8 Å². The Bertz CT molecular complexity index is 949. The molecule has 0 spiro atoms. The number of ether oxygens (including phenoxy) is 3. The molecule has 1 amide bonds. The van der Waals surface area contributed by atoms with Gasteiger partial charge in [-0.3, -0.25) is 4.79 Å². The molecule has 1 N–H and O–H groups in total. The van der Waals surface area contributed by atoms with E-state index in [1.165, 1.54) is 5.56 Å². The average Bonchev–Trinajstić information content (AvgIpc) is 3.34. The third kappa shape index (κ3) is 6.33. The molecule has 5 nitrogen and oxygen atoms in total. The number of carbonyl (C=O) groups excluding carboxylic acids is 1. The van der Waals surface area contributed by atoms with Crippen LogP contribution in [-0.2, 0) is 11.2 Å². The molecule has 1 aliphatic heterocycles. The fourth-order valence-electron chi connectivity index (χ4n) is 3.44. The van der Waals surface area contributed by atoms with Crippen LogP contribution in [0.3, 0.4) is 0 Å². The summed E-state index contributed by atoms with van der Waals surface area (Å²) in [7, 11) is 0. The van der Waals surface area contributed by atoms with Gasteiger partial charge in [-0.15, -0.1) is 0 Å². The number of hydrogen-bond acceptors (Lipinski definition) is 4. The smallest absolute Gasteiger partial charge is 0.255 e. The Morgan fingerprint density at radius 1 is 0.903 bits per heavy atom. The largest absolute Gasteiger partial charge is 0.493 e. The summed E-state index contributed by atoms with van der Waals surface area (Å²) < 4.78 is 17.1. The minimum Gasteiger partial charge on any atom is -0.493 e. The molecule has 0 bridgehead atoms. The van der Waals surface area contributed by atoms with Gasteiger partial charge in [0, 0.05) is 24.3 Å². The van der Waals surface area contributed by atoms with Gasteiger partial charge in [0.25, 0.3) is 5.91 Å². The summed E-state index contributed by atoms with van der Waals surface area (Å²) in [6, 6.07) is 24.8. The third-order valence-corrected chi connectivity index (χ3v) is 5.19. The number of anilines is 1. The molecule has 1 atom stereocenters. The first-order chi connectivity index (χ1) is 15.3. The monoisotopic (exact) mass is 417 g/mol. The number of rotatable bonds is 9. The standard InChI is InChI=1S/C26H27NO4/c28-26(27-22-10-14-24(15-11-22)31-19-25-7-4-17-29-25)21-8-12-23(13-9-21)30-18-16-20-5-2-1-3-6-20/h1-3,5-6,8-15,25H,4,7,16-19H2,(H,27,28). The Kier molecular flexibility index (Phi) is 7.19. The lowest BCUT2D eigenvalue weighted by Gasteiger charge is -2.12. The Balaban J connectivity index is 1.23. The first kappa shape index (κ1) is 20.9. The summed E-state index contributed by atoms with van der Waals surface area (Å²) in [4.78, 5) is 12.5. The van der Waals surface area contributed by atoms with Crippen molar-refractivity contribution in [3.63, 3.8) is 0 Å². The van der Waals surface area contributed by atoms with E-state index in [0.717, 1.165) is 43.1 Å². The van der Waals surface area contributed by atoms with Gasteiger partial charge in [0.1, 0.15) is 18.1 Å². The fourth-order valence-corrected chi connectivity index (χ4v) is 3.44. The Morgan fingerprint density at radius 3 is 2.32 bits per heavy atom. The molecule has 5 heteroatoms. The topological polar surface area (TPSA) is 56.8 Å². The van der Waals surface area contributed by atoms with E-state index in [9.17, 15) is 4.79 Å². The predicted molar refractivity (Wildman–Crippen MR) is 121 cm³/mol. The molecule has 1 unspecified atom stereocenters. The molecule has 3 aromatic carbocycles. The van der Waals surface area contributed by atoms with Crippen molar-refractivity contribution < 1.29 is 19.0 Å².